The zero-order valence-electron chi connectivity index (χ0n) is 12.5. The number of amides is 1. The molecule has 4 heteroatoms. The van der Waals surface area contributed by atoms with Gasteiger partial charge in [0.05, 0.1) is 0 Å². The van der Waals surface area contributed by atoms with Crippen molar-refractivity contribution in [2.45, 2.75) is 26.8 Å². The number of carbonyl (C=O) groups excluding carboxylic acids is 1. The van der Waals surface area contributed by atoms with E-state index in [1.165, 1.54) is 5.56 Å². The number of aromatic nitrogens is 1. The number of carbonyl (C=O) groups is 1. The van der Waals surface area contributed by atoms with E-state index < -0.39 is 0 Å². The lowest BCUT2D eigenvalue weighted by Crippen LogP contribution is -2.24. The number of hydrogen-bond acceptors (Lipinski definition) is 3. The van der Waals surface area contributed by atoms with E-state index in [0.29, 0.717) is 12.2 Å². The molecule has 2 aromatic rings. The Bertz CT molecular complexity index is 610. The Labute approximate surface area is 125 Å². The lowest BCUT2D eigenvalue weighted by molar-refractivity contribution is 0.0946. The fourth-order valence-corrected chi connectivity index (χ4v) is 2.01. The molecule has 0 spiro atoms. The topological polar surface area (TPSA) is 54.0 Å². The summed E-state index contributed by atoms with van der Waals surface area (Å²) in [5, 5.41) is 6.08. The molecule has 1 aromatic carbocycles. The summed E-state index contributed by atoms with van der Waals surface area (Å²) < 4.78 is 0. The lowest BCUT2D eigenvalue weighted by atomic mass is 10.1. The summed E-state index contributed by atoms with van der Waals surface area (Å²) in [7, 11) is 0. The highest BCUT2D eigenvalue weighted by molar-refractivity contribution is 5.92. The molecule has 0 aliphatic heterocycles. The van der Waals surface area contributed by atoms with Gasteiger partial charge in [-0.3, -0.25) is 4.79 Å². The van der Waals surface area contributed by atoms with Crippen LogP contribution < -0.4 is 10.6 Å². The van der Waals surface area contributed by atoms with Gasteiger partial charge in [-0.05, 0) is 31.0 Å². The van der Waals surface area contributed by atoms with Crippen LogP contribution in [0.1, 0.15) is 35.0 Å². The predicted octanol–water partition coefficient (Wildman–Crippen LogP) is 3.14. The Morgan fingerprint density at radius 3 is 2.76 bits per heavy atom. The number of nitrogens with one attached hydrogen (secondary N) is 2. The van der Waals surface area contributed by atoms with Crippen molar-refractivity contribution in [3.63, 3.8) is 0 Å². The highest BCUT2D eigenvalue weighted by Gasteiger charge is 2.07. The van der Waals surface area contributed by atoms with E-state index >= 15 is 0 Å². The molecule has 0 aliphatic carbocycles. The number of rotatable bonds is 6. The molecule has 0 saturated heterocycles. The summed E-state index contributed by atoms with van der Waals surface area (Å²) in [6.07, 6.45) is 1.02. The van der Waals surface area contributed by atoms with Crippen molar-refractivity contribution in [3.05, 3.63) is 59.3 Å². The first-order valence-corrected chi connectivity index (χ1v) is 7.23. The second kappa shape index (κ2) is 7.43. The molecular formula is C17H21N3O. The van der Waals surface area contributed by atoms with Crippen molar-refractivity contribution in [2.24, 2.45) is 0 Å². The summed E-state index contributed by atoms with van der Waals surface area (Å²) in [4.78, 5) is 16.4. The van der Waals surface area contributed by atoms with E-state index in [1.54, 1.807) is 6.07 Å². The zero-order valence-corrected chi connectivity index (χ0v) is 12.5. The number of anilines is 1. The molecule has 0 saturated carbocycles. The molecule has 110 valence electrons. The summed E-state index contributed by atoms with van der Waals surface area (Å²) in [5.41, 5.74) is 2.71. The van der Waals surface area contributed by atoms with Crippen molar-refractivity contribution < 1.29 is 4.79 Å². The molecular weight excluding hydrogens is 262 g/mol. The summed E-state index contributed by atoms with van der Waals surface area (Å²) in [5.74, 6) is 0.580. The predicted molar refractivity (Wildman–Crippen MR) is 85.4 cm³/mol. The Morgan fingerprint density at radius 2 is 2.00 bits per heavy atom. The van der Waals surface area contributed by atoms with Gasteiger partial charge in [0.1, 0.15) is 11.5 Å². The van der Waals surface area contributed by atoms with E-state index in [9.17, 15) is 4.79 Å². The molecule has 0 atom stereocenters. The van der Waals surface area contributed by atoms with Crippen LogP contribution in [-0.4, -0.2) is 17.4 Å². The number of nitrogens with zero attached hydrogens (tertiary/aromatic N) is 1. The second-order valence-corrected chi connectivity index (χ2v) is 5.01. The maximum Gasteiger partial charge on any atom is 0.270 e. The molecule has 4 nitrogen and oxygen atoms in total. The van der Waals surface area contributed by atoms with E-state index in [0.717, 1.165) is 24.3 Å². The van der Waals surface area contributed by atoms with Crippen LogP contribution in [0.15, 0.2) is 42.5 Å². The van der Waals surface area contributed by atoms with Crippen LogP contribution in [0.25, 0.3) is 0 Å². The maximum atomic E-state index is 12.1. The van der Waals surface area contributed by atoms with Crippen molar-refractivity contribution in [1.29, 1.82) is 0 Å². The van der Waals surface area contributed by atoms with Gasteiger partial charge >= 0.3 is 0 Å². The minimum Gasteiger partial charge on any atom is -0.370 e. The van der Waals surface area contributed by atoms with Crippen LogP contribution in [-0.2, 0) is 6.54 Å². The molecule has 0 unspecified atom stereocenters. The van der Waals surface area contributed by atoms with Crippen molar-refractivity contribution >= 4 is 11.7 Å². The molecule has 1 heterocycles. The first-order valence-electron chi connectivity index (χ1n) is 7.23. The second-order valence-electron chi connectivity index (χ2n) is 5.01. The van der Waals surface area contributed by atoms with E-state index in [4.69, 9.17) is 0 Å². The molecule has 1 amide bonds. The van der Waals surface area contributed by atoms with Gasteiger partial charge < -0.3 is 10.6 Å². The van der Waals surface area contributed by atoms with Crippen LogP contribution >= 0.6 is 0 Å². The number of pyridine rings is 1. The fourth-order valence-electron chi connectivity index (χ4n) is 2.01. The highest BCUT2D eigenvalue weighted by Crippen LogP contribution is 2.06. The zero-order chi connectivity index (χ0) is 15.1. The summed E-state index contributed by atoms with van der Waals surface area (Å²) in [6.45, 7) is 5.48. The first kappa shape index (κ1) is 15.0. The maximum absolute atomic E-state index is 12.1. The Hall–Kier alpha value is -2.36. The largest absolute Gasteiger partial charge is 0.370 e. The van der Waals surface area contributed by atoms with Gasteiger partial charge in [-0.2, -0.15) is 0 Å². The third-order valence-corrected chi connectivity index (χ3v) is 3.07. The quantitative estimate of drug-likeness (QED) is 0.856. The van der Waals surface area contributed by atoms with E-state index in [2.05, 4.69) is 28.6 Å². The number of aryl methyl sites for hydroxylation is 1. The average Bonchev–Trinajstić information content (AvgIpc) is 2.51. The van der Waals surface area contributed by atoms with E-state index in [1.807, 2.05) is 37.3 Å². The summed E-state index contributed by atoms with van der Waals surface area (Å²) >= 11 is 0. The van der Waals surface area contributed by atoms with Crippen molar-refractivity contribution in [1.82, 2.24) is 10.3 Å². The standard InChI is InChI=1S/C17H21N3O/c1-3-10-18-16-9-5-8-15(20-16)17(21)19-12-14-7-4-6-13(2)11-14/h4-9,11H,3,10,12H2,1-2H3,(H,18,20)(H,19,21). The Kier molecular flexibility index (Phi) is 5.32. The van der Waals surface area contributed by atoms with Gasteiger partial charge in [0.25, 0.3) is 5.91 Å². The minimum absolute atomic E-state index is 0.156. The van der Waals surface area contributed by atoms with Crippen LogP contribution in [0.2, 0.25) is 0 Å². The minimum atomic E-state index is -0.156. The van der Waals surface area contributed by atoms with Gasteiger partial charge in [-0.1, -0.05) is 42.8 Å². The molecule has 0 bridgehead atoms. The molecule has 21 heavy (non-hydrogen) atoms. The molecule has 2 rings (SSSR count). The van der Waals surface area contributed by atoms with Gasteiger partial charge in [0.2, 0.25) is 0 Å². The SMILES string of the molecule is CCCNc1cccc(C(=O)NCc2cccc(C)c2)n1. The van der Waals surface area contributed by atoms with Gasteiger partial charge in [0, 0.05) is 13.1 Å². The monoisotopic (exact) mass is 283 g/mol. The Balaban J connectivity index is 1.96. The van der Waals surface area contributed by atoms with Crippen LogP contribution in [0, 0.1) is 6.92 Å². The number of benzene rings is 1. The molecule has 2 N–H and O–H groups in total. The van der Waals surface area contributed by atoms with Crippen molar-refractivity contribution in [2.75, 3.05) is 11.9 Å². The fraction of sp³-hybridized carbons (Fsp3) is 0.294. The molecule has 1 aromatic heterocycles. The van der Waals surface area contributed by atoms with E-state index in [-0.39, 0.29) is 5.91 Å². The normalized spacial score (nSPS) is 10.2. The van der Waals surface area contributed by atoms with Gasteiger partial charge in [-0.25, -0.2) is 4.98 Å². The third kappa shape index (κ3) is 4.60. The highest BCUT2D eigenvalue weighted by atomic mass is 16.1. The Morgan fingerprint density at radius 1 is 1.19 bits per heavy atom. The summed E-state index contributed by atoms with van der Waals surface area (Å²) in [6, 6.07) is 13.5. The smallest absolute Gasteiger partial charge is 0.270 e. The lowest BCUT2D eigenvalue weighted by Gasteiger charge is -2.08. The van der Waals surface area contributed by atoms with Gasteiger partial charge in [0.15, 0.2) is 0 Å². The first-order chi connectivity index (χ1) is 10.2. The van der Waals surface area contributed by atoms with Crippen LogP contribution in [0.4, 0.5) is 5.82 Å². The third-order valence-electron chi connectivity index (χ3n) is 3.07. The van der Waals surface area contributed by atoms with Crippen LogP contribution in [0.5, 0.6) is 0 Å². The van der Waals surface area contributed by atoms with Crippen LogP contribution in [0.3, 0.4) is 0 Å². The van der Waals surface area contributed by atoms with Crippen molar-refractivity contribution in [3.8, 4) is 0 Å². The average molecular weight is 283 g/mol. The molecule has 0 aliphatic rings. The molecule has 0 fully saturated rings. The molecule has 0 radical (unpaired) electrons. The number of hydrogen-bond donors (Lipinski definition) is 2. The van der Waals surface area contributed by atoms with Gasteiger partial charge in [-0.15, -0.1) is 0 Å².